The fourth-order valence-corrected chi connectivity index (χ4v) is 3.74. The summed E-state index contributed by atoms with van der Waals surface area (Å²) in [6.45, 7) is 4.33. The van der Waals surface area contributed by atoms with Crippen LogP contribution in [0.2, 0.25) is 0 Å². The van der Waals surface area contributed by atoms with Gasteiger partial charge in [0, 0.05) is 23.5 Å². The van der Waals surface area contributed by atoms with Gasteiger partial charge in [-0.3, -0.25) is 10.1 Å². The molecule has 104 valence electrons. The second kappa shape index (κ2) is 5.36. The summed E-state index contributed by atoms with van der Waals surface area (Å²) in [4.78, 5) is 10.2. The molecule has 1 saturated heterocycles. The molecular formula is C13H17FN2O2S. The van der Waals surface area contributed by atoms with Crippen molar-refractivity contribution in [1.82, 2.24) is 0 Å². The van der Waals surface area contributed by atoms with Crippen molar-refractivity contribution in [2.24, 2.45) is 5.41 Å². The highest BCUT2D eigenvalue weighted by Gasteiger charge is 2.32. The lowest BCUT2D eigenvalue weighted by molar-refractivity contribution is -0.385. The van der Waals surface area contributed by atoms with Crippen LogP contribution in [0.4, 0.5) is 15.8 Å². The minimum Gasteiger partial charge on any atom is -0.381 e. The van der Waals surface area contributed by atoms with E-state index in [9.17, 15) is 14.5 Å². The maximum absolute atomic E-state index is 13.4. The van der Waals surface area contributed by atoms with E-state index in [4.69, 9.17) is 0 Å². The van der Waals surface area contributed by atoms with Gasteiger partial charge in [-0.05, 0) is 23.7 Å². The number of thioether (sulfide) groups is 1. The summed E-state index contributed by atoms with van der Waals surface area (Å²) in [5, 5.41) is 14.0. The van der Waals surface area contributed by atoms with E-state index in [2.05, 4.69) is 19.2 Å². The van der Waals surface area contributed by atoms with Gasteiger partial charge < -0.3 is 5.32 Å². The number of nitrogens with one attached hydrogen (secondary N) is 1. The molecule has 0 amide bonds. The molecular weight excluding hydrogens is 267 g/mol. The van der Waals surface area contributed by atoms with Crippen LogP contribution in [0.15, 0.2) is 18.2 Å². The average molecular weight is 284 g/mol. The molecule has 0 aromatic heterocycles. The fraction of sp³-hybridized carbons (Fsp3) is 0.538. The van der Waals surface area contributed by atoms with E-state index in [1.165, 1.54) is 12.1 Å². The summed E-state index contributed by atoms with van der Waals surface area (Å²) < 4.78 is 13.4. The van der Waals surface area contributed by atoms with Gasteiger partial charge in [0.2, 0.25) is 0 Å². The Balaban J connectivity index is 2.20. The summed E-state index contributed by atoms with van der Waals surface area (Å²) in [5.41, 5.74) is 0.364. The third-order valence-corrected chi connectivity index (χ3v) is 4.61. The summed E-state index contributed by atoms with van der Waals surface area (Å²) >= 11 is 1.85. The molecule has 1 aromatic carbocycles. The first-order chi connectivity index (χ1) is 8.88. The first kappa shape index (κ1) is 14.1. The number of nitro groups is 1. The monoisotopic (exact) mass is 284 g/mol. The second-order valence-corrected chi connectivity index (χ2v) is 6.62. The Hall–Kier alpha value is -1.30. The highest BCUT2D eigenvalue weighted by Crippen LogP contribution is 2.36. The zero-order valence-corrected chi connectivity index (χ0v) is 11.8. The molecule has 1 fully saturated rings. The normalized spacial score (nSPS) is 21.9. The van der Waals surface area contributed by atoms with Gasteiger partial charge in [-0.2, -0.15) is 11.8 Å². The minimum atomic E-state index is -0.585. The molecule has 19 heavy (non-hydrogen) atoms. The molecule has 1 aliphatic heterocycles. The third-order valence-electron chi connectivity index (χ3n) is 3.55. The molecule has 0 radical (unpaired) electrons. The number of halogens is 1. The van der Waals surface area contributed by atoms with Crippen LogP contribution in [-0.4, -0.2) is 22.5 Å². The molecule has 1 aliphatic rings. The average Bonchev–Trinajstić information content (AvgIpc) is 2.31. The van der Waals surface area contributed by atoms with Crippen molar-refractivity contribution in [3.8, 4) is 0 Å². The molecule has 0 spiro atoms. The molecule has 1 heterocycles. The number of rotatable bonds is 3. The van der Waals surface area contributed by atoms with Crippen LogP contribution in [0, 0.1) is 21.3 Å². The number of nitro benzene ring substituents is 1. The van der Waals surface area contributed by atoms with Gasteiger partial charge in [0.15, 0.2) is 0 Å². The van der Waals surface area contributed by atoms with Crippen LogP contribution in [0.3, 0.4) is 0 Å². The second-order valence-electron chi connectivity index (χ2n) is 5.47. The molecule has 1 unspecified atom stereocenters. The first-order valence-corrected chi connectivity index (χ1v) is 7.33. The van der Waals surface area contributed by atoms with Crippen LogP contribution >= 0.6 is 11.8 Å². The highest BCUT2D eigenvalue weighted by molar-refractivity contribution is 7.99. The zero-order valence-electron chi connectivity index (χ0n) is 11.0. The van der Waals surface area contributed by atoms with Gasteiger partial charge in [-0.25, -0.2) is 4.39 Å². The molecule has 1 atom stereocenters. The molecule has 1 aromatic rings. The van der Waals surface area contributed by atoms with Crippen molar-refractivity contribution >= 4 is 23.1 Å². The fourth-order valence-electron chi connectivity index (χ4n) is 2.14. The lowest BCUT2D eigenvalue weighted by atomic mass is 9.82. The third kappa shape index (κ3) is 3.37. The van der Waals surface area contributed by atoms with Gasteiger partial charge >= 0.3 is 0 Å². The van der Waals surface area contributed by atoms with Gasteiger partial charge in [0.25, 0.3) is 5.69 Å². The minimum absolute atomic E-state index is 0.104. The van der Waals surface area contributed by atoms with E-state index in [0.717, 1.165) is 24.0 Å². The Morgan fingerprint density at radius 1 is 1.47 bits per heavy atom. The summed E-state index contributed by atoms with van der Waals surface area (Å²) in [5.74, 6) is 1.46. The van der Waals surface area contributed by atoms with Crippen molar-refractivity contribution in [2.75, 3.05) is 16.8 Å². The van der Waals surface area contributed by atoms with Crippen molar-refractivity contribution < 1.29 is 9.31 Å². The summed E-state index contributed by atoms with van der Waals surface area (Å²) in [6, 6.07) is 3.82. The molecule has 2 rings (SSSR count). The Labute approximate surface area is 115 Å². The van der Waals surface area contributed by atoms with Crippen LogP contribution in [0.5, 0.6) is 0 Å². The van der Waals surface area contributed by atoms with Crippen LogP contribution in [-0.2, 0) is 0 Å². The number of nitrogens with zero attached hydrogens (tertiary/aromatic N) is 1. The number of benzene rings is 1. The number of hydrogen-bond acceptors (Lipinski definition) is 4. The lowest BCUT2D eigenvalue weighted by Gasteiger charge is -2.39. The summed E-state index contributed by atoms with van der Waals surface area (Å²) in [6.07, 6.45) is 1.08. The standard InChI is InChI=1S/C13H17FN2O2S/c1-13(2)3-4-19-8-12(13)15-10-5-9(14)6-11(7-10)16(17)18/h5-7,12,15H,3-4,8H2,1-2H3. The first-order valence-electron chi connectivity index (χ1n) is 6.18. The van der Waals surface area contributed by atoms with Crippen molar-refractivity contribution in [3.05, 3.63) is 34.1 Å². The van der Waals surface area contributed by atoms with Crippen LogP contribution in [0.25, 0.3) is 0 Å². The SMILES string of the molecule is CC1(C)CCSCC1Nc1cc(F)cc([N+](=O)[O-])c1. The maximum Gasteiger partial charge on any atom is 0.274 e. The van der Waals surface area contributed by atoms with Crippen molar-refractivity contribution in [3.63, 3.8) is 0 Å². The topological polar surface area (TPSA) is 55.2 Å². The van der Waals surface area contributed by atoms with Gasteiger partial charge in [0.05, 0.1) is 11.0 Å². The molecule has 1 N–H and O–H groups in total. The van der Waals surface area contributed by atoms with E-state index < -0.39 is 10.7 Å². The number of hydrogen-bond donors (Lipinski definition) is 1. The van der Waals surface area contributed by atoms with E-state index in [1.807, 2.05) is 11.8 Å². The van der Waals surface area contributed by atoms with Crippen LogP contribution in [0.1, 0.15) is 20.3 Å². The van der Waals surface area contributed by atoms with E-state index >= 15 is 0 Å². The Morgan fingerprint density at radius 2 is 2.21 bits per heavy atom. The van der Waals surface area contributed by atoms with E-state index in [-0.39, 0.29) is 17.1 Å². The Kier molecular flexibility index (Phi) is 3.99. The number of non-ortho nitro benzene ring substituents is 1. The molecule has 0 saturated carbocycles. The van der Waals surface area contributed by atoms with Crippen molar-refractivity contribution in [2.45, 2.75) is 26.3 Å². The number of anilines is 1. The quantitative estimate of drug-likeness (QED) is 0.679. The smallest absolute Gasteiger partial charge is 0.274 e. The molecule has 0 aliphatic carbocycles. The zero-order chi connectivity index (χ0) is 14.0. The Bertz CT molecular complexity index is 494. The Morgan fingerprint density at radius 3 is 2.84 bits per heavy atom. The summed E-state index contributed by atoms with van der Waals surface area (Å²) in [7, 11) is 0. The predicted molar refractivity (Wildman–Crippen MR) is 76.2 cm³/mol. The largest absolute Gasteiger partial charge is 0.381 e. The van der Waals surface area contributed by atoms with E-state index in [0.29, 0.717) is 5.69 Å². The van der Waals surface area contributed by atoms with Crippen LogP contribution < -0.4 is 5.32 Å². The molecule has 6 heteroatoms. The van der Waals surface area contributed by atoms with E-state index in [1.54, 1.807) is 0 Å². The van der Waals surface area contributed by atoms with Gasteiger partial charge in [-0.1, -0.05) is 13.8 Å². The van der Waals surface area contributed by atoms with Crippen molar-refractivity contribution in [1.29, 1.82) is 0 Å². The highest BCUT2D eigenvalue weighted by atomic mass is 32.2. The maximum atomic E-state index is 13.4. The van der Waals surface area contributed by atoms with Gasteiger partial charge in [0.1, 0.15) is 5.82 Å². The lowest BCUT2D eigenvalue weighted by Crippen LogP contribution is -2.41. The van der Waals surface area contributed by atoms with Gasteiger partial charge in [-0.15, -0.1) is 0 Å². The molecule has 0 bridgehead atoms. The predicted octanol–water partition coefficient (Wildman–Crippen LogP) is 3.68. The molecule has 4 nitrogen and oxygen atoms in total.